The van der Waals surface area contributed by atoms with Gasteiger partial charge in [0.15, 0.2) is 0 Å². The van der Waals surface area contributed by atoms with Gasteiger partial charge in [0.2, 0.25) is 0 Å². The van der Waals surface area contributed by atoms with E-state index in [1.54, 1.807) is 12.1 Å². The molecule has 0 radical (unpaired) electrons. The second kappa shape index (κ2) is 7.71. The second-order valence-corrected chi connectivity index (χ2v) is 4.03. The Kier molecular flexibility index (Phi) is 6.22. The van der Waals surface area contributed by atoms with Gasteiger partial charge in [-0.3, -0.25) is 9.59 Å². The second-order valence-electron chi connectivity index (χ2n) is 3.65. The molecule has 0 aliphatic rings. The average molecular weight is 271 g/mol. The summed E-state index contributed by atoms with van der Waals surface area (Å²) in [4.78, 5) is 22.6. The third kappa shape index (κ3) is 5.19. The van der Waals surface area contributed by atoms with Gasteiger partial charge in [-0.1, -0.05) is 18.2 Å². The molecule has 1 rings (SSSR count). The zero-order valence-corrected chi connectivity index (χ0v) is 10.9. The highest BCUT2D eigenvalue weighted by atomic mass is 35.5. The number of rotatable bonds is 6. The van der Waals surface area contributed by atoms with Gasteiger partial charge in [0.1, 0.15) is 12.4 Å². The minimum atomic E-state index is -0.452. The molecule has 4 nitrogen and oxygen atoms in total. The summed E-state index contributed by atoms with van der Waals surface area (Å²) in [5.41, 5.74) is 0.871. The molecule has 0 N–H and O–H groups in total. The average Bonchev–Trinajstić information content (AvgIpc) is 2.36. The molecule has 18 heavy (non-hydrogen) atoms. The monoisotopic (exact) mass is 270 g/mol. The third-order valence-electron chi connectivity index (χ3n) is 2.19. The van der Waals surface area contributed by atoms with E-state index >= 15 is 0 Å². The lowest BCUT2D eigenvalue weighted by Crippen LogP contribution is -2.13. The fraction of sp³-hybridized carbons (Fsp3) is 0.385. The molecule has 0 amide bonds. The van der Waals surface area contributed by atoms with Crippen LogP contribution in [0.3, 0.4) is 0 Å². The van der Waals surface area contributed by atoms with Crippen LogP contribution in [0.1, 0.15) is 18.4 Å². The van der Waals surface area contributed by atoms with Crippen molar-refractivity contribution >= 4 is 23.5 Å². The molecule has 0 heterocycles. The summed E-state index contributed by atoms with van der Waals surface area (Å²) in [5, 5.41) is 0. The minimum Gasteiger partial charge on any atom is -0.464 e. The molecule has 98 valence electrons. The maximum atomic E-state index is 11.5. The van der Waals surface area contributed by atoms with Gasteiger partial charge in [0, 0.05) is 0 Å². The van der Waals surface area contributed by atoms with Crippen molar-refractivity contribution in [2.75, 3.05) is 12.5 Å². The molecule has 0 saturated heterocycles. The summed E-state index contributed by atoms with van der Waals surface area (Å²) in [5.74, 6) is -0.138. The van der Waals surface area contributed by atoms with Gasteiger partial charge in [0.05, 0.1) is 18.7 Å². The number of para-hydroxylation sites is 1. The van der Waals surface area contributed by atoms with Crippen LogP contribution in [-0.4, -0.2) is 24.4 Å². The van der Waals surface area contributed by atoms with Crippen LogP contribution in [-0.2, 0) is 14.3 Å². The highest BCUT2D eigenvalue weighted by molar-refractivity contribution is 6.18. The van der Waals surface area contributed by atoms with Crippen molar-refractivity contribution < 1.29 is 19.1 Å². The van der Waals surface area contributed by atoms with Gasteiger partial charge in [-0.25, -0.2) is 0 Å². The first-order valence-corrected chi connectivity index (χ1v) is 6.15. The molecular formula is C13H15ClO4. The Balaban J connectivity index is 2.34. The number of hydrogen-bond acceptors (Lipinski definition) is 4. The Hall–Kier alpha value is -1.55. The van der Waals surface area contributed by atoms with Gasteiger partial charge >= 0.3 is 11.9 Å². The van der Waals surface area contributed by atoms with Crippen LogP contribution in [0.15, 0.2) is 24.3 Å². The number of aryl methyl sites for hydroxylation is 1. The normalized spacial score (nSPS) is 9.89. The van der Waals surface area contributed by atoms with E-state index in [1.807, 2.05) is 19.1 Å². The van der Waals surface area contributed by atoms with Crippen molar-refractivity contribution in [1.82, 2.24) is 0 Å². The van der Waals surface area contributed by atoms with E-state index < -0.39 is 11.9 Å². The number of halogens is 1. The molecule has 0 aromatic heterocycles. The lowest BCUT2D eigenvalue weighted by atomic mass is 10.2. The molecule has 0 spiro atoms. The van der Waals surface area contributed by atoms with Crippen LogP contribution in [0.25, 0.3) is 0 Å². The molecule has 1 aromatic carbocycles. The maximum Gasteiger partial charge on any atom is 0.311 e. The van der Waals surface area contributed by atoms with Crippen molar-refractivity contribution in [3.8, 4) is 5.75 Å². The number of carbonyl (C=O) groups is 2. The fourth-order valence-electron chi connectivity index (χ4n) is 1.27. The highest BCUT2D eigenvalue weighted by Crippen LogP contribution is 2.16. The smallest absolute Gasteiger partial charge is 0.311 e. The topological polar surface area (TPSA) is 52.6 Å². The van der Waals surface area contributed by atoms with Crippen molar-refractivity contribution in [3.63, 3.8) is 0 Å². The van der Waals surface area contributed by atoms with Crippen LogP contribution in [0, 0.1) is 6.92 Å². The summed E-state index contributed by atoms with van der Waals surface area (Å²) in [6, 6.07) is 7.19. The molecule has 0 unspecified atom stereocenters. The molecule has 0 bridgehead atoms. The zero-order chi connectivity index (χ0) is 13.4. The van der Waals surface area contributed by atoms with Crippen molar-refractivity contribution in [2.24, 2.45) is 0 Å². The van der Waals surface area contributed by atoms with E-state index in [4.69, 9.17) is 21.1 Å². The lowest BCUT2D eigenvalue weighted by molar-refractivity contribution is -0.146. The van der Waals surface area contributed by atoms with E-state index in [2.05, 4.69) is 0 Å². The quantitative estimate of drug-likeness (QED) is 0.453. The van der Waals surface area contributed by atoms with Crippen molar-refractivity contribution in [2.45, 2.75) is 19.8 Å². The van der Waals surface area contributed by atoms with Crippen LogP contribution in [0.4, 0.5) is 0 Å². The van der Waals surface area contributed by atoms with Gasteiger partial charge < -0.3 is 9.47 Å². The predicted octanol–water partition coefficient (Wildman–Crippen LogP) is 2.46. The fourth-order valence-corrected chi connectivity index (χ4v) is 1.35. The third-order valence-corrected chi connectivity index (χ3v) is 2.35. The molecule has 0 saturated carbocycles. The summed E-state index contributed by atoms with van der Waals surface area (Å²) in [7, 11) is 0. The molecule has 0 fully saturated rings. The Morgan fingerprint density at radius 2 is 1.83 bits per heavy atom. The summed E-state index contributed by atoms with van der Waals surface area (Å²) in [6.45, 7) is 2.00. The number of hydrogen-bond donors (Lipinski definition) is 0. The minimum absolute atomic E-state index is 0.00159. The molecule has 0 aliphatic carbocycles. The molecule has 0 atom stereocenters. The Morgan fingerprint density at radius 1 is 1.17 bits per heavy atom. The zero-order valence-electron chi connectivity index (χ0n) is 10.1. The maximum absolute atomic E-state index is 11.5. The highest BCUT2D eigenvalue weighted by Gasteiger charge is 2.10. The van der Waals surface area contributed by atoms with Gasteiger partial charge in [-0.05, 0) is 18.6 Å². The molecule has 0 aliphatic heterocycles. The first-order valence-electron chi connectivity index (χ1n) is 5.61. The van der Waals surface area contributed by atoms with E-state index in [1.165, 1.54) is 0 Å². The van der Waals surface area contributed by atoms with E-state index in [-0.39, 0.29) is 25.3 Å². The number of alkyl halides is 1. The summed E-state index contributed by atoms with van der Waals surface area (Å²) in [6.07, 6.45) is -0.00292. The van der Waals surface area contributed by atoms with E-state index in [0.717, 1.165) is 5.56 Å². The summed E-state index contributed by atoms with van der Waals surface area (Å²) < 4.78 is 9.86. The van der Waals surface area contributed by atoms with Gasteiger partial charge in [-0.15, -0.1) is 11.6 Å². The number of esters is 2. The van der Waals surface area contributed by atoms with Crippen LogP contribution in [0.5, 0.6) is 5.75 Å². The Labute approximate surface area is 111 Å². The predicted molar refractivity (Wildman–Crippen MR) is 67.7 cm³/mol. The van der Waals surface area contributed by atoms with Crippen molar-refractivity contribution in [1.29, 1.82) is 0 Å². The Bertz CT molecular complexity index is 417. The number of carbonyl (C=O) groups excluding carboxylic acids is 2. The number of ether oxygens (including phenoxy) is 2. The van der Waals surface area contributed by atoms with Gasteiger partial charge in [-0.2, -0.15) is 0 Å². The van der Waals surface area contributed by atoms with Crippen LogP contribution >= 0.6 is 11.6 Å². The number of benzene rings is 1. The molecule has 1 aromatic rings. The molecular weight excluding hydrogens is 256 g/mol. The SMILES string of the molecule is Cc1ccccc1OC(=O)CCC(=O)OCCCl. The van der Waals surface area contributed by atoms with Crippen LogP contribution < -0.4 is 4.74 Å². The van der Waals surface area contributed by atoms with Crippen molar-refractivity contribution in [3.05, 3.63) is 29.8 Å². The first kappa shape index (κ1) is 14.5. The lowest BCUT2D eigenvalue weighted by Gasteiger charge is -2.06. The van der Waals surface area contributed by atoms with E-state index in [9.17, 15) is 9.59 Å². The first-order chi connectivity index (χ1) is 8.63. The van der Waals surface area contributed by atoms with E-state index in [0.29, 0.717) is 5.75 Å². The van der Waals surface area contributed by atoms with Crippen LogP contribution in [0.2, 0.25) is 0 Å². The summed E-state index contributed by atoms with van der Waals surface area (Å²) >= 11 is 5.36. The largest absolute Gasteiger partial charge is 0.464 e. The van der Waals surface area contributed by atoms with Gasteiger partial charge in [0.25, 0.3) is 0 Å². The Morgan fingerprint density at radius 3 is 2.50 bits per heavy atom. The standard InChI is InChI=1S/C13H15ClO4/c1-10-4-2-3-5-11(10)18-13(16)7-6-12(15)17-9-8-14/h2-5H,6-9H2,1H3. The molecule has 5 heteroatoms.